The molecule has 158 valence electrons. The van der Waals surface area contributed by atoms with Crippen molar-refractivity contribution in [3.8, 4) is 0 Å². The standard InChI is InChI=1S/C25H24N2O3S/c1-3-27-22-16-10-9-15-21(22)23(19-12-5-4-6-13-19)24(31(27,29)30)25(28)26-17-20-14-8-7-11-18(20)2/h4-16H,3,17H2,1-2H3,(H,26,28). The van der Waals surface area contributed by atoms with Crippen molar-refractivity contribution in [2.24, 2.45) is 0 Å². The van der Waals surface area contributed by atoms with E-state index in [0.717, 1.165) is 16.7 Å². The quantitative estimate of drug-likeness (QED) is 0.656. The lowest BCUT2D eigenvalue weighted by molar-refractivity contribution is -0.116. The topological polar surface area (TPSA) is 66.5 Å². The van der Waals surface area contributed by atoms with Gasteiger partial charge in [0.05, 0.1) is 5.69 Å². The predicted molar refractivity (Wildman–Crippen MR) is 124 cm³/mol. The van der Waals surface area contributed by atoms with Crippen molar-refractivity contribution in [2.45, 2.75) is 20.4 Å². The Morgan fingerprint density at radius 2 is 1.55 bits per heavy atom. The van der Waals surface area contributed by atoms with Gasteiger partial charge in [0.1, 0.15) is 0 Å². The van der Waals surface area contributed by atoms with Crippen LogP contribution in [0.4, 0.5) is 5.69 Å². The maximum absolute atomic E-state index is 13.6. The van der Waals surface area contributed by atoms with Crippen LogP contribution in [0.1, 0.15) is 29.2 Å². The van der Waals surface area contributed by atoms with Crippen molar-refractivity contribution >= 4 is 27.2 Å². The molecule has 1 aliphatic rings. The van der Waals surface area contributed by atoms with E-state index in [2.05, 4.69) is 5.32 Å². The maximum atomic E-state index is 13.6. The van der Waals surface area contributed by atoms with Gasteiger partial charge in [0, 0.05) is 24.2 Å². The van der Waals surface area contributed by atoms with Crippen LogP contribution in [-0.2, 0) is 21.4 Å². The normalized spacial score (nSPS) is 14.8. The third kappa shape index (κ3) is 3.75. The van der Waals surface area contributed by atoms with Gasteiger partial charge in [-0.2, -0.15) is 0 Å². The molecule has 6 heteroatoms. The first-order valence-electron chi connectivity index (χ1n) is 10.2. The van der Waals surface area contributed by atoms with E-state index in [1.165, 1.54) is 4.31 Å². The van der Waals surface area contributed by atoms with Gasteiger partial charge in [-0.25, -0.2) is 8.42 Å². The molecule has 1 heterocycles. The summed E-state index contributed by atoms with van der Waals surface area (Å²) in [7, 11) is -4.04. The number of aryl methyl sites for hydroxylation is 1. The second kappa shape index (κ2) is 8.40. The summed E-state index contributed by atoms with van der Waals surface area (Å²) in [5.41, 5.74) is 4.41. The van der Waals surface area contributed by atoms with Crippen molar-refractivity contribution < 1.29 is 13.2 Å². The predicted octanol–water partition coefficient (Wildman–Crippen LogP) is 4.24. The Hall–Kier alpha value is -3.38. The van der Waals surface area contributed by atoms with Gasteiger partial charge in [-0.1, -0.05) is 72.8 Å². The molecule has 5 nitrogen and oxygen atoms in total. The third-order valence-corrected chi connectivity index (χ3v) is 7.41. The second-order valence-corrected chi connectivity index (χ2v) is 9.17. The van der Waals surface area contributed by atoms with E-state index in [9.17, 15) is 13.2 Å². The molecule has 1 aliphatic heterocycles. The van der Waals surface area contributed by atoms with Gasteiger partial charge in [0.25, 0.3) is 15.9 Å². The minimum Gasteiger partial charge on any atom is -0.347 e. The van der Waals surface area contributed by atoms with Crippen LogP contribution in [0.3, 0.4) is 0 Å². The zero-order chi connectivity index (χ0) is 22.0. The molecule has 0 radical (unpaired) electrons. The molecular formula is C25H24N2O3S. The van der Waals surface area contributed by atoms with Gasteiger partial charge in [0.15, 0.2) is 4.91 Å². The van der Waals surface area contributed by atoms with E-state index >= 15 is 0 Å². The third-order valence-electron chi connectivity index (χ3n) is 5.47. The van der Waals surface area contributed by atoms with Gasteiger partial charge in [-0.15, -0.1) is 0 Å². The van der Waals surface area contributed by atoms with Crippen molar-refractivity contribution in [1.82, 2.24) is 5.32 Å². The number of sulfonamides is 1. The molecule has 0 spiro atoms. The highest BCUT2D eigenvalue weighted by molar-refractivity contribution is 7.97. The second-order valence-electron chi connectivity index (χ2n) is 7.37. The van der Waals surface area contributed by atoms with Crippen molar-refractivity contribution in [2.75, 3.05) is 10.8 Å². The SMILES string of the molecule is CCN1c2ccccc2C(c2ccccc2)=C(C(=O)NCc2ccccc2C)S1(=O)=O. The van der Waals surface area contributed by atoms with Crippen molar-refractivity contribution in [3.63, 3.8) is 0 Å². The van der Waals surface area contributed by atoms with E-state index in [1.807, 2.05) is 79.7 Å². The van der Waals surface area contributed by atoms with Gasteiger partial charge >= 0.3 is 0 Å². The minimum atomic E-state index is -4.04. The lowest BCUT2D eigenvalue weighted by Gasteiger charge is -2.32. The first-order valence-corrected chi connectivity index (χ1v) is 11.6. The summed E-state index contributed by atoms with van der Waals surface area (Å²) < 4.78 is 28.5. The van der Waals surface area contributed by atoms with Crippen molar-refractivity contribution in [3.05, 3.63) is 106 Å². The van der Waals surface area contributed by atoms with Gasteiger partial charge in [-0.3, -0.25) is 9.10 Å². The number of anilines is 1. The first kappa shape index (κ1) is 20.9. The molecule has 4 rings (SSSR count). The van der Waals surface area contributed by atoms with E-state index in [1.54, 1.807) is 13.0 Å². The number of nitrogens with one attached hydrogen (secondary N) is 1. The van der Waals surface area contributed by atoms with Crippen LogP contribution in [0.25, 0.3) is 5.57 Å². The summed E-state index contributed by atoms with van der Waals surface area (Å²) in [6.07, 6.45) is 0. The zero-order valence-electron chi connectivity index (χ0n) is 17.5. The zero-order valence-corrected chi connectivity index (χ0v) is 18.3. The van der Waals surface area contributed by atoms with Crippen LogP contribution in [0.2, 0.25) is 0 Å². The first-order chi connectivity index (χ1) is 14.9. The fourth-order valence-electron chi connectivity index (χ4n) is 3.92. The fraction of sp³-hybridized carbons (Fsp3) is 0.160. The monoisotopic (exact) mass is 432 g/mol. The molecule has 1 amide bonds. The largest absolute Gasteiger partial charge is 0.347 e. The van der Waals surface area contributed by atoms with E-state index in [-0.39, 0.29) is 18.0 Å². The van der Waals surface area contributed by atoms with E-state index in [0.29, 0.717) is 16.8 Å². The highest BCUT2D eigenvalue weighted by Crippen LogP contribution is 2.42. The average molecular weight is 433 g/mol. The highest BCUT2D eigenvalue weighted by atomic mass is 32.2. The van der Waals surface area contributed by atoms with E-state index < -0.39 is 15.9 Å². The summed E-state index contributed by atoms with van der Waals surface area (Å²) in [4.78, 5) is 13.2. The summed E-state index contributed by atoms with van der Waals surface area (Å²) >= 11 is 0. The molecular weight excluding hydrogens is 408 g/mol. The molecule has 0 aliphatic carbocycles. The number of para-hydroxylation sites is 1. The summed E-state index contributed by atoms with van der Waals surface area (Å²) in [5, 5.41) is 2.84. The van der Waals surface area contributed by atoms with Crippen LogP contribution < -0.4 is 9.62 Å². The number of carbonyl (C=O) groups is 1. The molecule has 0 saturated heterocycles. The van der Waals surface area contributed by atoms with E-state index in [4.69, 9.17) is 0 Å². The minimum absolute atomic E-state index is 0.215. The fourth-order valence-corrected chi connectivity index (χ4v) is 5.69. The molecule has 1 N–H and O–H groups in total. The molecule has 0 bridgehead atoms. The van der Waals surface area contributed by atoms with Crippen LogP contribution in [0, 0.1) is 6.92 Å². The summed E-state index contributed by atoms with van der Waals surface area (Å²) in [6, 6.07) is 24.2. The summed E-state index contributed by atoms with van der Waals surface area (Å²) in [5.74, 6) is -0.602. The molecule has 0 saturated carbocycles. The lowest BCUT2D eigenvalue weighted by Crippen LogP contribution is -2.41. The number of hydrogen-bond donors (Lipinski definition) is 1. The van der Waals surface area contributed by atoms with Crippen molar-refractivity contribution in [1.29, 1.82) is 0 Å². The number of amides is 1. The molecule has 0 aromatic heterocycles. The smallest absolute Gasteiger partial charge is 0.270 e. The highest BCUT2D eigenvalue weighted by Gasteiger charge is 2.40. The molecule has 31 heavy (non-hydrogen) atoms. The number of rotatable bonds is 5. The Labute approximate surface area is 183 Å². The Balaban J connectivity index is 1.88. The Bertz CT molecular complexity index is 1260. The number of fused-ring (bicyclic) bond motifs is 1. The van der Waals surface area contributed by atoms with Gasteiger partial charge in [-0.05, 0) is 36.6 Å². The van der Waals surface area contributed by atoms with Crippen LogP contribution >= 0.6 is 0 Å². The number of hydrogen-bond acceptors (Lipinski definition) is 3. The Morgan fingerprint density at radius 1 is 0.903 bits per heavy atom. The Morgan fingerprint density at radius 3 is 2.26 bits per heavy atom. The summed E-state index contributed by atoms with van der Waals surface area (Å²) in [6.45, 7) is 4.21. The molecule has 3 aromatic rings. The van der Waals surface area contributed by atoms with Crippen LogP contribution in [-0.4, -0.2) is 20.9 Å². The maximum Gasteiger partial charge on any atom is 0.270 e. The molecule has 0 fully saturated rings. The number of benzene rings is 3. The number of carbonyl (C=O) groups excluding carboxylic acids is 1. The Kier molecular flexibility index (Phi) is 5.65. The van der Waals surface area contributed by atoms with Crippen LogP contribution in [0.5, 0.6) is 0 Å². The van der Waals surface area contributed by atoms with Gasteiger partial charge in [0.2, 0.25) is 0 Å². The molecule has 0 atom stereocenters. The molecule has 0 unspecified atom stereocenters. The lowest BCUT2D eigenvalue weighted by atomic mass is 9.95. The van der Waals surface area contributed by atoms with Crippen LogP contribution in [0.15, 0.2) is 83.8 Å². The average Bonchev–Trinajstić information content (AvgIpc) is 2.77. The number of nitrogens with zero attached hydrogens (tertiary/aromatic N) is 1. The molecule has 3 aromatic carbocycles. The van der Waals surface area contributed by atoms with Gasteiger partial charge < -0.3 is 5.32 Å².